The Morgan fingerprint density at radius 3 is 2.12 bits per heavy atom. The molecular weight excluding hydrogens is 448 g/mol. The van der Waals surface area contributed by atoms with E-state index in [1.54, 1.807) is 27.7 Å². The molecule has 196 valence electrons. The zero-order valence-corrected chi connectivity index (χ0v) is 21.0. The number of ether oxygens (including phenoxy) is 2. The summed E-state index contributed by atoms with van der Waals surface area (Å²) in [6.07, 6.45) is -1.65. The van der Waals surface area contributed by atoms with Crippen LogP contribution in [-0.2, 0) is 28.7 Å². The second kappa shape index (κ2) is 15.3. The number of ketones is 1. The lowest BCUT2D eigenvalue weighted by Gasteiger charge is -2.22. The van der Waals surface area contributed by atoms with Crippen LogP contribution in [0.3, 0.4) is 0 Å². The number of Topliss-reactive ketones (excluding diaryl/α,β-unsaturated/α-hetero) is 1. The van der Waals surface area contributed by atoms with Crippen molar-refractivity contribution in [1.82, 2.24) is 10.6 Å². The molecule has 2 amide bonds. The van der Waals surface area contributed by atoms with Gasteiger partial charge in [-0.1, -0.05) is 13.3 Å². The van der Waals surface area contributed by atoms with Gasteiger partial charge in [-0.25, -0.2) is 4.79 Å². The third-order valence-electron chi connectivity index (χ3n) is 4.73. The average molecular weight is 489 g/mol. The number of aliphatic hydroxyl groups is 1. The Hall–Kier alpha value is -2.69. The molecule has 0 bridgehead atoms. The molecule has 0 radical (unpaired) electrons. The fraction of sp³-hybridized carbons (Fsp3) is 0.783. The van der Waals surface area contributed by atoms with Crippen molar-refractivity contribution >= 4 is 29.7 Å². The first-order valence-corrected chi connectivity index (χ1v) is 11.6. The standard InChI is InChI=1S/C23H40N2O9/c1-7-8-14(2)33-20(29)10-9-19(28)25-17(11-12-24-22(32)34-23(4,5)6)18(27)13-16(15(3)26)21(30)31/h14-17,26H,7-13H2,1-6H3,(H,24,32)(H,25,28)(H,30,31)/t14?,15?,16-,17-/m0/s1. The summed E-state index contributed by atoms with van der Waals surface area (Å²) in [5.41, 5.74) is -0.720. The second-order valence-electron chi connectivity index (χ2n) is 9.28. The molecule has 4 N–H and O–H groups in total. The van der Waals surface area contributed by atoms with Crippen molar-refractivity contribution in [3.8, 4) is 0 Å². The molecule has 0 saturated heterocycles. The number of amides is 2. The molecule has 11 nitrogen and oxygen atoms in total. The number of nitrogens with one attached hydrogen (secondary N) is 2. The first-order chi connectivity index (χ1) is 15.7. The SMILES string of the molecule is CCCC(C)OC(=O)CCC(=O)N[C@@H](CCNC(=O)OC(C)(C)C)C(=O)C[C@H](C(=O)O)C(C)O. The highest BCUT2D eigenvalue weighted by atomic mass is 16.6. The van der Waals surface area contributed by atoms with Gasteiger partial charge in [0.2, 0.25) is 5.91 Å². The molecule has 0 aliphatic heterocycles. The summed E-state index contributed by atoms with van der Waals surface area (Å²) < 4.78 is 10.3. The number of carbonyl (C=O) groups excluding carboxylic acids is 4. The highest BCUT2D eigenvalue weighted by molar-refractivity contribution is 5.92. The molecule has 2 unspecified atom stereocenters. The molecule has 0 saturated carbocycles. The van der Waals surface area contributed by atoms with E-state index in [9.17, 15) is 34.2 Å². The predicted octanol–water partition coefficient (Wildman–Crippen LogP) is 1.94. The molecule has 0 aromatic rings. The Morgan fingerprint density at radius 2 is 1.62 bits per heavy atom. The van der Waals surface area contributed by atoms with E-state index in [4.69, 9.17) is 9.47 Å². The van der Waals surface area contributed by atoms with Crippen LogP contribution < -0.4 is 10.6 Å². The van der Waals surface area contributed by atoms with Crippen LogP contribution in [0.25, 0.3) is 0 Å². The Balaban J connectivity index is 5.05. The van der Waals surface area contributed by atoms with Crippen molar-refractivity contribution in [1.29, 1.82) is 0 Å². The van der Waals surface area contributed by atoms with Gasteiger partial charge in [0.15, 0.2) is 5.78 Å². The van der Waals surface area contributed by atoms with Crippen molar-refractivity contribution in [3.05, 3.63) is 0 Å². The highest BCUT2D eigenvalue weighted by Crippen LogP contribution is 2.13. The maximum Gasteiger partial charge on any atom is 0.407 e. The Morgan fingerprint density at radius 1 is 1.00 bits per heavy atom. The number of hydrogen-bond donors (Lipinski definition) is 4. The quantitative estimate of drug-likeness (QED) is 0.252. The van der Waals surface area contributed by atoms with Crippen molar-refractivity contribution < 1.29 is 43.7 Å². The number of rotatable bonds is 15. The molecule has 0 heterocycles. The highest BCUT2D eigenvalue weighted by Gasteiger charge is 2.30. The number of hydrogen-bond acceptors (Lipinski definition) is 8. The van der Waals surface area contributed by atoms with Gasteiger partial charge in [-0.3, -0.25) is 19.2 Å². The van der Waals surface area contributed by atoms with Crippen molar-refractivity contribution in [2.45, 2.75) is 104 Å². The molecule has 0 rings (SSSR count). The lowest BCUT2D eigenvalue weighted by molar-refractivity contribution is -0.150. The third-order valence-corrected chi connectivity index (χ3v) is 4.73. The van der Waals surface area contributed by atoms with Crippen LogP contribution in [0.2, 0.25) is 0 Å². The molecule has 11 heteroatoms. The van der Waals surface area contributed by atoms with Gasteiger partial charge in [-0.05, 0) is 47.5 Å². The van der Waals surface area contributed by atoms with Gasteiger partial charge in [0.1, 0.15) is 5.60 Å². The van der Waals surface area contributed by atoms with Crippen molar-refractivity contribution in [2.24, 2.45) is 5.92 Å². The molecular formula is C23H40N2O9. The van der Waals surface area contributed by atoms with Gasteiger partial charge >= 0.3 is 18.0 Å². The van der Waals surface area contributed by atoms with E-state index in [2.05, 4.69) is 10.6 Å². The predicted molar refractivity (Wildman–Crippen MR) is 123 cm³/mol. The van der Waals surface area contributed by atoms with E-state index in [0.29, 0.717) is 6.42 Å². The summed E-state index contributed by atoms with van der Waals surface area (Å²) in [6.45, 7) is 10.0. The van der Waals surface area contributed by atoms with Crippen LogP contribution in [0.5, 0.6) is 0 Å². The summed E-state index contributed by atoms with van der Waals surface area (Å²) in [4.78, 5) is 60.2. The topological polar surface area (TPSA) is 168 Å². The second-order valence-corrected chi connectivity index (χ2v) is 9.28. The largest absolute Gasteiger partial charge is 0.481 e. The van der Waals surface area contributed by atoms with E-state index >= 15 is 0 Å². The van der Waals surface area contributed by atoms with Crippen LogP contribution >= 0.6 is 0 Å². The third kappa shape index (κ3) is 14.5. The van der Waals surface area contributed by atoms with E-state index < -0.39 is 59.8 Å². The normalized spacial score (nSPS) is 14.8. The van der Waals surface area contributed by atoms with Gasteiger partial charge in [0, 0.05) is 19.4 Å². The lowest BCUT2D eigenvalue weighted by Crippen LogP contribution is -2.45. The van der Waals surface area contributed by atoms with Crippen LogP contribution in [0.1, 0.15) is 80.1 Å². The van der Waals surface area contributed by atoms with Gasteiger partial charge in [0.25, 0.3) is 0 Å². The molecule has 0 spiro atoms. The number of carbonyl (C=O) groups is 5. The number of carboxylic acid groups (broad SMARTS) is 1. The van der Waals surface area contributed by atoms with Gasteiger partial charge in [-0.15, -0.1) is 0 Å². The molecule has 34 heavy (non-hydrogen) atoms. The molecule has 0 fully saturated rings. The number of esters is 1. The number of carboxylic acids is 1. The van der Waals surface area contributed by atoms with Crippen LogP contribution in [0, 0.1) is 5.92 Å². The zero-order chi connectivity index (χ0) is 26.5. The minimum atomic E-state index is -1.35. The van der Waals surface area contributed by atoms with E-state index in [0.717, 1.165) is 6.42 Å². The minimum Gasteiger partial charge on any atom is -0.481 e. The molecule has 0 aliphatic carbocycles. The number of alkyl carbamates (subject to hydrolysis) is 1. The first-order valence-electron chi connectivity index (χ1n) is 11.6. The smallest absolute Gasteiger partial charge is 0.407 e. The fourth-order valence-corrected chi connectivity index (χ4v) is 3.00. The van der Waals surface area contributed by atoms with Crippen molar-refractivity contribution in [2.75, 3.05) is 6.54 Å². The maximum atomic E-state index is 12.7. The Labute approximate surface area is 200 Å². The van der Waals surface area contributed by atoms with Crippen LogP contribution in [-0.4, -0.2) is 70.3 Å². The summed E-state index contributed by atoms with van der Waals surface area (Å²) in [6, 6.07) is -1.13. The van der Waals surface area contributed by atoms with Crippen LogP contribution in [0.4, 0.5) is 4.79 Å². The van der Waals surface area contributed by atoms with Gasteiger partial charge < -0.3 is 30.3 Å². The Bertz CT molecular complexity index is 701. The first kappa shape index (κ1) is 31.3. The average Bonchev–Trinajstić information content (AvgIpc) is 2.67. The number of aliphatic hydroxyl groups excluding tert-OH is 1. The van der Waals surface area contributed by atoms with E-state index in [1.807, 2.05) is 6.92 Å². The Kier molecular flexibility index (Phi) is 14.1. The summed E-state index contributed by atoms with van der Waals surface area (Å²) in [5, 5.41) is 23.9. The van der Waals surface area contributed by atoms with Gasteiger partial charge in [0.05, 0.1) is 30.6 Å². The summed E-state index contributed by atoms with van der Waals surface area (Å²) >= 11 is 0. The zero-order valence-electron chi connectivity index (χ0n) is 21.0. The molecule has 0 aromatic carbocycles. The summed E-state index contributed by atoms with van der Waals surface area (Å²) in [5.74, 6) is -4.44. The van der Waals surface area contributed by atoms with E-state index in [1.165, 1.54) is 6.92 Å². The van der Waals surface area contributed by atoms with E-state index in [-0.39, 0.29) is 31.9 Å². The van der Waals surface area contributed by atoms with Crippen molar-refractivity contribution in [3.63, 3.8) is 0 Å². The van der Waals surface area contributed by atoms with Crippen LogP contribution in [0.15, 0.2) is 0 Å². The number of aliphatic carboxylic acids is 1. The van der Waals surface area contributed by atoms with Gasteiger partial charge in [-0.2, -0.15) is 0 Å². The molecule has 0 aromatic heterocycles. The fourth-order valence-electron chi connectivity index (χ4n) is 3.00. The monoisotopic (exact) mass is 488 g/mol. The maximum absolute atomic E-state index is 12.7. The minimum absolute atomic E-state index is 0.0331. The lowest BCUT2D eigenvalue weighted by atomic mass is 9.93. The molecule has 0 aliphatic rings. The summed E-state index contributed by atoms with van der Waals surface area (Å²) in [7, 11) is 0. The molecule has 4 atom stereocenters.